The number of carboxylic acids is 1. The third kappa shape index (κ3) is 3.91. The quantitative estimate of drug-likeness (QED) is 0.822. The van der Waals surface area contributed by atoms with E-state index in [0.717, 1.165) is 5.56 Å². The highest BCUT2D eigenvalue weighted by molar-refractivity contribution is 6.01. The van der Waals surface area contributed by atoms with Gasteiger partial charge in [-0.15, -0.1) is 0 Å². The number of hydrogen-bond acceptors (Lipinski definition) is 2. The molecule has 0 spiro atoms. The molecular formula is C14H16FNO3. The third-order valence-electron chi connectivity index (χ3n) is 2.94. The Morgan fingerprint density at radius 3 is 2.16 bits per heavy atom. The van der Waals surface area contributed by atoms with Crippen molar-refractivity contribution in [3.8, 4) is 0 Å². The lowest BCUT2D eigenvalue weighted by Crippen LogP contribution is -2.28. The second-order valence-corrected chi connectivity index (χ2v) is 4.30. The molecule has 1 amide bonds. The zero-order valence-electron chi connectivity index (χ0n) is 11.0. The number of carboxylic acid groups (broad SMARTS) is 1. The summed E-state index contributed by atoms with van der Waals surface area (Å²) in [6.07, 6.45) is 0. The van der Waals surface area contributed by atoms with Gasteiger partial charge < -0.3 is 10.4 Å². The number of benzene rings is 1. The second kappa shape index (κ2) is 6.13. The lowest BCUT2D eigenvalue weighted by molar-refractivity contribution is -0.133. The summed E-state index contributed by atoms with van der Waals surface area (Å²) in [5.74, 6) is -1.92. The van der Waals surface area contributed by atoms with E-state index >= 15 is 0 Å². The fourth-order valence-corrected chi connectivity index (χ4v) is 1.47. The summed E-state index contributed by atoms with van der Waals surface area (Å²) in [4.78, 5) is 22.6. The van der Waals surface area contributed by atoms with Crippen molar-refractivity contribution in [1.29, 1.82) is 0 Å². The van der Waals surface area contributed by atoms with Gasteiger partial charge in [-0.3, -0.25) is 4.79 Å². The van der Waals surface area contributed by atoms with Crippen LogP contribution in [0.2, 0.25) is 0 Å². The summed E-state index contributed by atoms with van der Waals surface area (Å²) in [6, 6.07) is 5.43. The van der Waals surface area contributed by atoms with Crippen molar-refractivity contribution >= 4 is 11.9 Å². The number of rotatable bonds is 4. The van der Waals surface area contributed by atoms with Gasteiger partial charge in [-0.05, 0) is 38.5 Å². The number of nitrogens with one attached hydrogen (secondary N) is 1. The van der Waals surface area contributed by atoms with E-state index in [1.165, 1.54) is 26.0 Å². The minimum Gasteiger partial charge on any atom is -0.478 e. The van der Waals surface area contributed by atoms with Crippen LogP contribution in [-0.4, -0.2) is 17.0 Å². The molecule has 0 radical (unpaired) electrons. The number of halogens is 1. The smallest absolute Gasteiger partial charge is 0.331 e. The van der Waals surface area contributed by atoms with Crippen molar-refractivity contribution < 1.29 is 19.1 Å². The van der Waals surface area contributed by atoms with E-state index in [1.807, 2.05) is 0 Å². The fourth-order valence-electron chi connectivity index (χ4n) is 1.47. The Hall–Kier alpha value is -2.17. The summed E-state index contributed by atoms with van der Waals surface area (Å²) in [5, 5.41) is 11.5. The summed E-state index contributed by atoms with van der Waals surface area (Å²) >= 11 is 0. The van der Waals surface area contributed by atoms with Crippen molar-refractivity contribution in [2.75, 3.05) is 0 Å². The van der Waals surface area contributed by atoms with Crippen molar-refractivity contribution in [2.24, 2.45) is 0 Å². The molecular weight excluding hydrogens is 249 g/mol. The van der Waals surface area contributed by atoms with Gasteiger partial charge in [-0.1, -0.05) is 12.1 Å². The standard InChI is InChI=1S/C14H16FNO3/c1-8(9(2)14(18)19)13(17)16-10(3)11-4-6-12(15)7-5-11/h4-7,10H,1-3H3,(H,16,17)(H,18,19). The average Bonchev–Trinajstić information content (AvgIpc) is 2.37. The number of aliphatic carboxylic acids is 1. The first kappa shape index (κ1) is 14.9. The Bertz CT molecular complexity index is 520. The fraction of sp³-hybridized carbons (Fsp3) is 0.286. The molecule has 0 saturated heterocycles. The molecule has 1 unspecified atom stereocenters. The molecule has 1 aromatic carbocycles. The van der Waals surface area contributed by atoms with Crippen LogP contribution in [0.5, 0.6) is 0 Å². The molecule has 0 aliphatic rings. The largest absolute Gasteiger partial charge is 0.478 e. The molecule has 2 N–H and O–H groups in total. The molecule has 19 heavy (non-hydrogen) atoms. The van der Waals surface area contributed by atoms with Crippen LogP contribution < -0.4 is 5.32 Å². The van der Waals surface area contributed by atoms with Crippen LogP contribution in [0.3, 0.4) is 0 Å². The molecule has 0 fully saturated rings. The van der Waals surface area contributed by atoms with Gasteiger partial charge in [-0.2, -0.15) is 0 Å². The number of carbonyl (C=O) groups is 2. The molecule has 1 aromatic rings. The van der Waals surface area contributed by atoms with E-state index in [9.17, 15) is 14.0 Å². The zero-order valence-corrected chi connectivity index (χ0v) is 11.0. The summed E-state index contributed by atoms with van der Waals surface area (Å²) in [5.41, 5.74) is 0.904. The number of hydrogen-bond donors (Lipinski definition) is 2. The van der Waals surface area contributed by atoms with E-state index in [0.29, 0.717) is 0 Å². The molecule has 0 aromatic heterocycles. The summed E-state index contributed by atoms with van der Waals surface area (Å²) < 4.78 is 12.8. The molecule has 1 rings (SSSR count). The van der Waals surface area contributed by atoms with Crippen LogP contribution in [0.25, 0.3) is 0 Å². The molecule has 102 valence electrons. The molecule has 5 heteroatoms. The predicted octanol–water partition coefficient (Wildman–Crippen LogP) is 2.42. The van der Waals surface area contributed by atoms with E-state index in [4.69, 9.17) is 5.11 Å². The average molecular weight is 265 g/mol. The van der Waals surface area contributed by atoms with Gasteiger partial charge in [-0.25, -0.2) is 9.18 Å². The summed E-state index contributed by atoms with van der Waals surface area (Å²) in [7, 11) is 0. The molecule has 0 aliphatic carbocycles. The normalized spacial score (nSPS) is 13.5. The van der Waals surface area contributed by atoms with E-state index in [2.05, 4.69) is 5.32 Å². The Labute approximate surface area is 110 Å². The van der Waals surface area contributed by atoms with Gasteiger partial charge in [0.05, 0.1) is 6.04 Å². The molecule has 0 saturated carbocycles. The lowest BCUT2D eigenvalue weighted by Gasteiger charge is -2.15. The molecule has 0 aliphatic heterocycles. The maximum absolute atomic E-state index is 12.8. The Kier molecular flexibility index (Phi) is 4.80. The molecule has 0 heterocycles. The van der Waals surface area contributed by atoms with Gasteiger partial charge in [0.15, 0.2) is 0 Å². The monoisotopic (exact) mass is 265 g/mol. The Balaban J connectivity index is 2.80. The number of amides is 1. The maximum Gasteiger partial charge on any atom is 0.331 e. The molecule has 0 bridgehead atoms. The van der Waals surface area contributed by atoms with Crippen LogP contribution in [0.4, 0.5) is 4.39 Å². The van der Waals surface area contributed by atoms with Crippen molar-refractivity contribution in [1.82, 2.24) is 5.32 Å². The highest BCUT2D eigenvalue weighted by atomic mass is 19.1. The van der Waals surface area contributed by atoms with Crippen molar-refractivity contribution in [3.05, 3.63) is 46.8 Å². The van der Waals surface area contributed by atoms with E-state index in [1.54, 1.807) is 19.1 Å². The minimum absolute atomic E-state index is 0.00352. The van der Waals surface area contributed by atoms with Gasteiger partial charge >= 0.3 is 5.97 Å². The van der Waals surface area contributed by atoms with Gasteiger partial charge in [0.2, 0.25) is 5.91 Å². The van der Waals surface area contributed by atoms with Crippen LogP contribution in [0, 0.1) is 5.82 Å². The Morgan fingerprint density at radius 1 is 1.16 bits per heavy atom. The van der Waals surface area contributed by atoms with Gasteiger partial charge in [0, 0.05) is 11.1 Å². The number of carbonyl (C=O) groups excluding carboxylic acids is 1. The maximum atomic E-state index is 12.8. The first-order chi connectivity index (χ1) is 8.82. The predicted molar refractivity (Wildman–Crippen MR) is 69.0 cm³/mol. The van der Waals surface area contributed by atoms with Crippen LogP contribution in [0.15, 0.2) is 35.4 Å². The van der Waals surface area contributed by atoms with E-state index < -0.39 is 11.9 Å². The molecule has 4 nitrogen and oxygen atoms in total. The van der Waals surface area contributed by atoms with Crippen LogP contribution in [-0.2, 0) is 9.59 Å². The molecule has 1 atom stereocenters. The van der Waals surface area contributed by atoms with Crippen molar-refractivity contribution in [3.63, 3.8) is 0 Å². The van der Waals surface area contributed by atoms with E-state index in [-0.39, 0.29) is 23.0 Å². The summed E-state index contributed by atoms with van der Waals surface area (Å²) in [6.45, 7) is 4.57. The Morgan fingerprint density at radius 2 is 1.68 bits per heavy atom. The first-order valence-corrected chi connectivity index (χ1v) is 5.80. The zero-order chi connectivity index (χ0) is 14.6. The lowest BCUT2D eigenvalue weighted by atomic mass is 10.1. The minimum atomic E-state index is -1.12. The SMILES string of the molecule is CC(C(=O)O)=C(C)C(=O)NC(C)c1ccc(F)cc1. The van der Waals surface area contributed by atoms with Crippen LogP contribution in [0.1, 0.15) is 32.4 Å². The second-order valence-electron chi connectivity index (χ2n) is 4.30. The van der Waals surface area contributed by atoms with Gasteiger partial charge in [0.1, 0.15) is 5.82 Å². The first-order valence-electron chi connectivity index (χ1n) is 5.80. The highest BCUT2D eigenvalue weighted by Crippen LogP contribution is 2.14. The van der Waals surface area contributed by atoms with Crippen LogP contribution >= 0.6 is 0 Å². The topological polar surface area (TPSA) is 66.4 Å². The van der Waals surface area contributed by atoms with Crippen molar-refractivity contribution in [2.45, 2.75) is 26.8 Å². The van der Waals surface area contributed by atoms with Gasteiger partial charge in [0.25, 0.3) is 0 Å². The third-order valence-corrected chi connectivity index (χ3v) is 2.94. The highest BCUT2D eigenvalue weighted by Gasteiger charge is 2.15.